The molecule has 0 aliphatic carbocycles. The first-order valence-corrected chi connectivity index (χ1v) is 8.56. The van der Waals surface area contributed by atoms with Crippen LogP contribution in [0.25, 0.3) is 0 Å². The van der Waals surface area contributed by atoms with Gasteiger partial charge in [-0.3, -0.25) is 4.90 Å². The van der Waals surface area contributed by atoms with E-state index in [1.807, 2.05) is 11.3 Å². The van der Waals surface area contributed by atoms with Crippen LogP contribution in [0.5, 0.6) is 0 Å². The molecule has 2 nitrogen and oxygen atoms in total. The zero-order valence-electron chi connectivity index (χ0n) is 12.8. The lowest BCUT2D eigenvalue weighted by Gasteiger charge is -2.46. The van der Waals surface area contributed by atoms with Gasteiger partial charge in [0.2, 0.25) is 0 Å². The standard InChI is InChI=1S/C16H28N2S/c1-5-14-8-9-19-15(14)11-18-12-16(6-2,7-3)17-10-13(18)4/h8-9,13,17H,5-7,10-12H2,1-4H3. The number of nitrogens with one attached hydrogen (secondary N) is 1. The van der Waals surface area contributed by atoms with Crippen LogP contribution in [-0.2, 0) is 13.0 Å². The number of rotatable bonds is 5. The molecule has 3 heteroatoms. The fourth-order valence-corrected chi connectivity index (χ4v) is 4.04. The number of piperazine rings is 1. The van der Waals surface area contributed by atoms with Gasteiger partial charge in [0.05, 0.1) is 0 Å². The van der Waals surface area contributed by atoms with Crippen LogP contribution in [0.3, 0.4) is 0 Å². The van der Waals surface area contributed by atoms with Crippen molar-refractivity contribution in [2.75, 3.05) is 13.1 Å². The van der Waals surface area contributed by atoms with Gasteiger partial charge in [-0.15, -0.1) is 11.3 Å². The Morgan fingerprint density at radius 2 is 2.11 bits per heavy atom. The Labute approximate surface area is 122 Å². The summed E-state index contributed by atoms with van der Waals surface area (Å²) in [6, 6.07) is 2.93. The Hall–Kier alpha value is -0.380. The van der Waals surface area contributed by atoms with Gasteiger partial charge in [0.1, 0.15) is 0 Å². The molecule has 108 valence electrons. The van der Waals surface area contributed by atoms with Crippen LogP contribution in [0, 0.1) is 0 Å². The predicted octanol–water partition coefficient (Wildman–Crippen LogP) is 3.66. The molecule has 1 fully saturated rings. The first-order chi connectivity index (χ1) is 9.14. The molecule has 1 aliphatic rings. The van der Waals surface area contributed by atoms with E-state index in [4.69, 9.17) is 0 Å². The van der Waals surface area contributed by atoms with E-state index in [9.17, 15) is 0 Å². The maximum Gasteiger partial charge on any atom is 0.0334 e. The molecule has 0 amide bonds. The van der Waals surface area contributed by atoms with Gasteiger partial charge in [-0.25, -0.2) is 0 Å². The van der Waals surface area contributed by atoms with Crippen molar-refractivity contribution in [3.05, 3.63) is 21.9 Å². The Morgan fingerprint density at radius 3 is 2.74 bits per heavy atom. The van der Waals surface area contributed by atoms with E-state index in [1.54, 1.807) is 4.88 Å². The molecular formula is C16H28N2S. The molecule has 1 unspecified atom stereocenters. The molecule has 1 aliphatic heterocycles. The minimum absolute atomic E-state index is 0.330. The molecule has 0 bridgehead atoms. The smallest absolute Gasteiger partial charge is 0.0334 e. The molecule has 1 aromatic heterocycles. The number of thiophene rings is 1. The van der Waals surface area contributed by atoms with Crippen molar-refractivity contribution in [1.82, 2.24) is 10.2 Å². The van der Waals surface area contributed by atoms with Crippen molar-refractivity contribution in [3.63, 3.8) is 0 Å². The van der Waals surface area contributed by atoms with Gasteiger partial charge in [-0.2, -0.15) is 0 Å². The van der Waals surface area contributed by atoms with Crippen molar-refractivity contribution >= 4 is 11.3 Å². The lowest BCUT2D eigenvalue weighted by Crippen LogP contribution is -2.62. The second-order valence-corrected chi connectivity index (χ2v) is 6.85. The summed E-state index contributed by atoms with van der Waals surface area (Å²) in [5, 5.41) is 6.03. The number of nitrogens with zero attached hydrogens (tertiary/aromatic N) is 1. The summed E-state index contributed by atoms with van der Waals surface area (Å²) in [4.78, 5) is 4.24. The van der Waals surface area contributed by atoms with Crippen LogP contribution in [0.4, 0.5) is 0 Å². The maximum absolute atomic E-state index is 3.78. The third-order valence-electron chi connectivity index (χ3n) is 4.82. The SMILES string of the molecule is CCc1ccsc1CN1CC(CC)(CC)NCC1C. The van der Waals surface area contributed by atoms with E-state index in [2.05, 4.69) is 49.4 Å². The van der Waals surface area contributed by atoms with Gasteiger partial charge in [-0.1, -0.05) is 20.8 Å². The second-order valence-electron chi connectivity index (χ2n) is 5.84. The fourth-order valence-electron chi connectivity index (χ4n) is 3.03. The molecule has 0 saturated carbocycles. The monoisotopic (exact) mass is 280 g/mol. The normalized spacial score (nSPS) is 23.7. The van der Waals surface area contributed by atoms with Gasteiger partial charge >= 0.3 is 0 Å². The molecule has 19 heavy (non-hydrogen) atoms. The van der Waals surface area contributed by atoms with Crippen molar-refractivity contribution in [3.8, 4) is 0 Å². The van der Waals surface area contributed by atoms with Crippen LogP contribution in [0.15, 0.2) is 11.4 Å². The van der Waals surface area contributed by atoms with E-state index in [1.165, 1.54) is 24.9 Å². The lowest BCUT2D eigenvalue weighted by molar-refractivity contribution is 0.0752. The largest absolute Gasteiger partial charge is 0.308 e. The highest BCUT2D eigenvalue weighted by Crippen LogP contribution is 2.26. The Balaban J connectivity index is 2.09. The molecule has 0 aromatic carbocycles. The van der Waals surface area contributed by atoms with Crippen molar-refractivity contribution in [2.45, 2.75) is 65.1 Å². The Morgan fingerprint density at radius 1 is 1.37 bits per heavy atom. The number of hydrogen-bond donors (Lipinski definition) is 1. The van der Waals surface area contributed by atoms with Crippen molar-refractivity contribution in [2.24, 2.45) is 0 Å². The van der Waals surface area contributed by atoms with E-state index in [-0.39, 0.29) is 0 Å². The van der Waals surface area contributed by atoms with E-state index >= 15 is 0 Å². The van der Waals surface area contributed by atoms with Crippen LogP contribution in [0.2, 0.25) is 0 Å². The molecule has 1 saturated heterocycles. The minimum atomic E-state index is 0.330. The van der Waals surface area contributed by atoms with Gasteiger partial charge < -0.3 is 5.32 Å². The third-order valence-corrected chi connectivity index (χ3v) is 5.77. The second kappa shape index (κ2) is 6.38. The first-order valence-electron chi connectivity index (χ1n) is 7.68. The van der Waals surface area contributed by atoms with Crippen molar-refractivity contribution in [1.29, 1.82) is 0 Å². The predicted molar refractivity (Wildman–Crippen MR) is 84.9 cm³/mol. The quantitative estimate of drug-likeness (QED) is 0.885. The summed E-state index contributed by atoms with van der Waals surface area (Å²) >= 11 is 1.92. The molecule has 1 atom stereocenters. The van der Waals surface area contributed by atoms with Gasteiger partial charge in [0, 0.05) is 36.1 Å². The van der Waals surface area contributed by atoms with Crippen LogP contribution < -0.4 is 5.32 Å². The fraction of sp³-hybridized carbons (Fsp3) is 0.750. The lowest BCUT2D eigenvalue weighted by atomic mass is 9.88. The highest BCUT2D eigenvalue weighted by atomic mass is 32.1. The molecule has 2 rings (SSSR count). The molecule has 1 N–H and O–H groups in total. The first kappa shape index (κ1) is 15.0. The minimum Gasteiger partial charge on any atom is -0.308 e. The molecule has 2 heterocycles. The zero-order valence-corrected chi connectivity index (χ0v) is 13.6. The van der Waals surface area contributed by atoms with E-state index in [0.717, 1.165) is 19.5 Å². The van der Waals surface area contributed by atoms with Gasteiger partial charge in [0.15, 0.2) is 0 Å². The average molecular weight is 280 g/mol. The summed E-state index contributed by atoms with van der Waals surface area (Å²) in [6.07, 6.45) is 3.60. The number of hydrogen-bond acceptors (Lipinski definition) is 3. The summed E-state index contributed by atoms with van der Waals surface area (Å²) in [5.41, 5.74) is 1.87. The van der Waals surface area contributed by atoms with Crippen LogP contribution in [-0.4, -0.2) is 29.6 Å². The zero-order chi connectivity index (χ0) is 13.9. The number of aryl methyl sites for hydroxylation is 1. The maximum atomic E-state index is 3.78. The Kier molecular flexibility index (Phi) is 5.04. The highest BCUT2D eigenvalue weighted by molar-refractivity contribution is 7.10. The van der Waals surface area contributed by atoms with Crippen molar-refractivity contribution < 1.29 is 0 Å². The molecular weight excluding hydrogens is 252 g/mol. The average Bonchev–Trinajstić information content (AvgIpc) is 2.89. The topological polar surface area (TPSA) is 15.3 Å². The third kappa shape index (κ3) is 3.21. The van der Waals surface area contributed by atoms with E-state index in [0.29, 0.717) is 11.6 Å². The summed E-state index contributed by atoms with van der Waals surface area (Å²) in [7, 11) is 0. The molecule has 1 aromatic rings. The summed E-state index contributed by atoms with van der Waals surface area (Å²) in [5.74, 6) is 0. The summed E-state index contributed by atoms with van der Waals surface area (Å²) in [6.45, 7) is 12.7. The van der Waals surface area contributed by atoms with Gasteiger partial charge in [-0.05, 0) is 43.2 Å². The Bertz CT molecular complexity index is 395. The van der Waals surface area contributed by atoms with Crippen LogP contribution >= 0.6 is 11.3 Å². The molecule has 0 spiro atoms. The molecule has 0 radical (unpaired) electrons. The van der Waals surface area contributed by atoms with E-state index < -0.39 is 0 Å². The van der Waals surface area contributed by atoms with Crippen LogP contribution in [0.1, 0.15) is 51.0 Å². The highest BCUT2D eigenvalue weighted by Gasteiger charge is 2.35. The summed E-state index contributed by atoms with van der Waals surface area (Å²) < 4.78 is 0. The van der Waals surface area contributed by atoms with Gasteiger partial charge in [0.25, 0.3) is 0 Å².